The number of carbonyl (C=O) groups is 1. The number of hydrogen-bond acceptors (Lipinski definition) is 2. The van der Waals surface area contributed by atoms with E-state index in [1.165, 1.54) is 0 Å². The Balaban J connectivity index is 0. The maximum absolute atomic E-state index is 9.62. The molecule has 0 aliphatic rings. The van der Waals surface area contributed by atoms with E-state index in [1.807, 2.05) is 0 Å². The zero-order chi connectivity index (χ0) is 5.54. The van der Waals surface area contributed by atoms with E-state index < -0.39 is 0 Å². The van der Waals surface area contributed by atoms with Crippen LogP contribution in [0.1, 0.15) is 12.8 Å². The second-order valence-corrected chi connectivity index (χ2v) is 1.30. The van der Waals surface area contributed by atoms with Gasteiger partial charge in [-0.2, -0.15) is 0 Å². The number of hydrogen-bond donors (Lipinski definition) is 0. The summed E-state index contributed by atoms with van der Waals surface area (Å²) in [5, 5.41) is 0. The van der Waals surface area contributed by atoms with E-state index in [2.05, 4.69) is 4.74 Å². The van der Waals surface area contributed by atoms with Crippen LogP contribution in [0, 0.1) is 0 Å². The molecule has 0 atom stereocenters. The molecular weight excluding hydrogens is 132 g/mol. The van der Waals surface area contributed by atoms with Crippen LogP contribution in [-0.2, 0) is 9.53 Å². The molecular formula is C5H12CaO2. The van der Waals surface area contributed by atoms with Crippen LogP contribution >= 0.6 is 0 Å². The molecule has 0 aliphatic carbocycles. The fourth-order valence-corrected chi connectivity index (χ4v) is 0.311. The van der Waals surface area contributed by atoms with Gasteiger partial charge in [-0.3, -0.25) is 0 Å². The minimum atomic E-state index is 0. The van der Waals surface area contributed by atoms with Gasteiger partial charge in [-0.25, -0.2) is 0 Å². The van der Waals surface area contributed by atoms with Crippen molar-refractivity contribution in [2.45, 2.75) is 12.8 Å². The van der Waals surface area contributed by atoms with E-state index in [4.69, 9.17) is 0 Å². The summed E-state index contributed by atoms with van der Waals surface area (Å²) in [6.07, 6.45) is 2.37. The van der Waals surface area contributed by atoms with E-state index in [0.29, 0.717) is 13.0 Å². The second-order valence-electron chi connectivity index (χ2n) is 1.30. The molecule has 0 amide bonds. The van der Waals surface area contributed by atoms with Gasteiger partial charge in [0.25, 0.3) is 0 Å². The number of ether oxygens (including phenoxy) is 1. The molecule has 0 rings (SSSR count). The Morgan fingerprint density at radius 3 is 2.62 bits per heavy atom. The van der Waals surface area contributed by atoms with Crippen LogP contribution in [0.25, 0.3) is 0 Å². The van der Waals surface area contributed by atoms with Crippen LogP contribution in [0.2, 0.25) is 0 Å². The molecule has 0 N–H and O–H groups in total. The second kappa shape index (κ2) is 10.8. The molecule has 0 saturated carbocycles. The molecule has 0 bridgehead atoms. The fourth-order valence-electron chi connectivity index (χ4n) is 0.311. The van der Waals surface area contributed by atoms with Crippen molar-refractivity contribution in [1.82, 2.24) is 0 Å². The Kier molecular flexibility index (Phi) is 15.7. The summed E-state index contributed by atoms with van der Waals surface area (Å²) in [5.41, 5.74) is 0. The Bertz CT molecular complexity index is 47.7. The van der Waals surface area contributed by atoms with Gasteiger partial charge in [-0.1, -0.05) is 0 Å². The van der Waals surface area contributed by atoms with Gasteiger partial charge in [0, 0.05) is 20.1 Å². The molecule has 0 saturated heterocycles. The van der Waals surface area contributed by atoms with Crippen molar-refractivity contribution in [3.63, 3.8) is 0 Å². The van der Waals surface area contributed by atoms with E-state index in [0.717, 1.165) is 12.7 Å². The summed E-state index contributed by atoms with van der Waals surface area (Å²) in [7, 11) is 1.63. The number of carbonyl (C=O) groups excluding carboxylic acids is 1. The summed E-state index contributed by atoms with van der Waals surface area (Å²) >= 11 is 0. The third-order valence-corrected chi connectivity index (χ3v) is 0.670. The van der Waals surface area contributed by atoms with Crippen molar-refractivity contribution >= 4 is 44.0 Å². The van der Waals surface area contributed by atoms with E-state index >= 15 is 0 Å². The summed E-state index contributed by atoms with van der Waals surface area (Å²) in [5.74, 6) is 0. The molecule has 0 unspecified atom stereocenters. The van der Waals surface area contributed by atoms with Crippen molar-refractivity contribution in [2.75, 3.05) is 13.7 Å². The third-order valence-electron chi connectivity index (χ3n) is 0.670. The Hall–Kier alpha value is 0.890. The monoisotopic (exact) mass is 144 g/mol. The van der Waals surface area contributed by atoms with Gasteiger partial charge in [-0.15, -0.1) is 0 Å². The topological polar surface area (TPSA) is 26.3 Å². The quantitative estimate of drug-likeness (QED) is 0.307. The molecule has 0 heterocycles. The fraction of sp³-hybridized carbons (Fsp3) is 0.800. The van der Waals surface area contributed by atoms with Crippen LogP contribution in [-0.4, -0.2) is 57.7 Å². The van der Waals surface area contributed by atoms with Crippen molar-refractivity contribution < 1.29 is 9.53 Å². The van der Waals surface area contributed by atoms with Gasteiger partial charge in [0.05, 0.1) is 0 Å². The van der Waals surface area contributed by atoms with E-state index in [-0.39, 0.29) is 37.7 Å². The number of aldehydes is 1. The number of rotatable bonds is 4. The first-order chi connectivity index (χ1) is 3.41. The van der Waals surface area contributed by atoms with Crippen molar-refractivity contribution in [3.05, 3.63) is 0 Å². The molecule has 0 aliphatic heterocycles. The average Bonchev–Trinajstić information content (AvgIpc) is 1.69. The first-order valence-electron chi connectivity index (χ1n) is 2.34. The Morgan fingerprint density at radius 1 is 1.62 bits per heavy atom. The number of unbranched alkanes of at least 4 members (excludes halogenated alkanes) is 1. The predicted molar refractivity (Wildman–Crippen MR) is 35.7 cm³/mol. The zero-order valence-corrected chi connectivity index (χ0v) is 4.52. The summed E-state index contributed by atoms with van der Waals surface area (Å²) in [6, 6.07) is 0. The predicted octanol–water partition coefficient (Wildman–Crippen LogP) is -0.304. The molecule has 8 heavy (non-hydrogen) atoms. The molecule has 0 aromatic heterocycles. The average molecular weight is 144 g/mol. The van der Waals surface area contributed by atoms with Crippen molar-refractivity contribution in [2.24, 2.45) is 0 Å². The summed E-state index contributed by atoms with van der Waals surface area (Å²) in [4.78, 5) is 9.62. The van der Waals surface area contributed by atoms with Crippen molar-refractivity contribution in [1.29, 1.82) is 0 Å². The van der Waals surface area contributed by atoms with Crippen LogP contribution in [0.5, 0.6) is 0 Å². The molecule has 0 radical (unpaired) electrons. The van der Waals surface area contributed by atoms with Gasteiger partial charge in [-0.05, 0) is 6.42 Å². The molecule has 2 nitrogen and oxygen atoms in total. The molecule has 3 heteroatoms. The Labute approximate surface area is 79.6 Å². The van der Waals surface area contributed by atoms with Gasteiger partial charge in [0.15, 0.2) is 0 Å². The van der Waals surface area contributed by atoms with E-state index in [9.17, 15) is 4.79 Å². The Morgan fingerprint density at radius 2 is 2.25 bits per heavy atom. The molecule has 0 aromatic rings. The van der Waals surface area contributed by atoms with Crippen LogP contribution in [0.4, 0.5) is 0 Å². The molecule has 0 spiro atoms. The summed E-state index contributed by atoms with van der Waals surface area (Å²) < 4.78 is 4.69. The van der Waals surface area contributed by atoms with Gasteiger partial charge >= 0.3 is 37.7 Å². The standard InChI is InChI=1S/C5H10O2.Ca.2H/c1-7-5-3-2-4-6;;;/h4H,2-3,5H2,1H3;;;. The SMILES string of the molecule is COCCCC=O.[CaH2]. The first-order valence-corrected chi connectivity index (χ1v) is 2.34. The van der Waals surface area contributed by atoms with E-state index in [1.54, 1.807) is 7.11 Å². The molecule has 46 valence electrons. The van der Waals surface area contributed by atoms with Gasteiger partial charge in [0.1, 0.15) is 6.29 Å². The first kappa shape index (κ1) is 11.7. The maximum atomic E-state index is 9.62. The molecule has 0 fully saturated rings. The van der Waals surface area contributed by atoms with Crippen LogP contribution in [0.15, 0.2) is 0 Å². The third kappa shape index (κ3) is 10.00. The van der Waals surface area contributed by atoms with Crippen molar-refractivity contribution in [3.8, 4) is 0 Å². The number of methoxy groups -OCH3 is 1. The zero-order valence-electron chi connectivity index (χ0n) is 4.52. The van der Waals surface area contributed by atoms with Gasteiger partial charge in [0.2, 0.25) is 0 Å². The van der Waals surface area contributed by atoms with Crippen LogP contribution < -0.4 is 0 Å². The normalized spacial score (nSPS) is 7.62. The van der Waals surface area contributed by atoms with Crippen LogP contribution in [0.3, 0.4) is 0 Å². The minimum absolute atomic E-state index is 0. The van der Waals surface area contributed by atoms with Gasteiger partial charge < -0.3 is 9.53 Å². The molecule has 0 aromatic carbocycles. The summed E-state index contributed by atoms with van der Waals surface area (Å²) in [6.45, 7) is 0.693.